The van der Waals surface area contributed by atoms with Gasteiger partial charge < -0.3 is 20.3 Å². The summed E-state index contributed by atoms with van der Waals surface area (Å²) >= 11 is 0. The van der Waals surface area contributed by atoms with Crippen LogP contribution in [0.25, 0.3) is 0 Å². The standard InChI is InChI=1S/C68H129NO5/c1-3-5-7-9-11-13-15-40-44-48-52-56-60-66(71)65(64-70)69-67(72)61-57-53-49-45-41-38-36-34-32-30-28-26-24-22-20-18-17-19-21-23-25-27-29-31-33-35-37-39-43-47-51-55-59-63-74-68(73)62-58-54-50-46-42-16-14-12-10-8-6-4-2/h12,14,21,23,27,29,65-66,70-71H,3-11,13,15-20,22,24-26,28,30-64H2,1-2H3,(H,69,72)/b14-12-,23-21-,29-27-. The van der Waals surface area contributed by atoms with Crippen LogP contribution >= 0.6 is 0 Å². The summed E-state index contributed by atoms with van der Waals surface area (Å²) in [7, 11) is 0. The SMILES string of the molecule is CCCCC/C=C\CCCCCCCC(=O)OCCCCCCCCCCC/C=C\C/C=C\CCCCCCCCCCCCCCCCCCCC(=O)NC(CO)C(O)CCCCCCCCCCCCCC. The van der Waals surface area contributed by atoms with Crippen LogP contribution in [0.1, 0.15) is 361 Å². The number of rotatable bonds is 62. The second-order valence-corrected chi connectivity index (χ2v) is 22.8. The number of esters is 1. The molecule has 0 aromatic carbocycles. The molecule has 0 aromatic rings. The predicted octanol–water partition coefficient (Wildman–Crippen LogP) is 21.1. The van der Waals surface area contributed by atoms with Gasteiger partial charge in [-0.1, -0.05) is 301 Å². The van der Waals surface area contributed by atoms with Crippen molar-refractivity contribution >= 4 is 11.9 Å². The molecule has 6 nitrogen and oxygen atoms in total. The summed E-state index contributed by atoms with van der Waals surface area (Å²) in [5.41, 5.74) is 0. The summed E-state index contributed by atoms with van der Waals surface area (Å²) in [6, 6.07) is -0.539. The molecule has 0 spiro atoms. The van der Waals surface area contributed by atoms with Gasteiger partial charge in [0.05, 0.1) is 25.4 Å². The van der Waals surface area contributed by atoms with Crippen LogP contribution in [0.2, 0.25) is 0 Å². The summed E-state index contributed by atoms with van der Waals surface area (Å²) in [6.07, 6.45) is 80.4. The fourth-order valence-electron chi connectivity index (χ4n) is 10.3. The normalized spacial score (nSPS) is 12.8. The second kappa shape index (κ2) is 63.6. The number of allylic oxidation sites excluding steroid dienone is 6. The van der Waals surface area contributed by atoms with Crippen LogP contribution in [0.5, 0.6) is 0 Å². The van der Waals surface area contributed by atoms with Crippen LogP contribution in [-0.2, 0) is 14.3 Å². The van der Waals surface area contributed by atoms with Crippen LogP contribution in [0.15, 0.2) is 36.5 Å². The molecule has 0 heterocycles. The molecular weight excluding hydrogens is 911 g/mol. The van der Waals surface area contributed by atoms with Gasteiger partial charge in [-0.15, -0.1) is 0 Å². The minimum Gasteiger partial charge on any atom is -0.466 e. The highest BCUT2D eigenvalue weighted by atomic mass is 16.5. The molecule has 1 amide bonds. The smallest absolute Gasteiger partial charge is 0.305 e. The van der Waals surface area contributed by atoms with Crippen molar-refractivity contribution in [2.24, 2.45) is 0 Å². The van der Waals surface area contributed by atoms with Crippen molar-refractivity contribution in [1.82, 2.24) is 5.32 Å². The van der Waals surface area contributed by atoms with E-state index in [9.17, 15) is 19.8 Å². The Bertz CT molecular complexity index is 1200. The monoisotopic (exact) mass is 1040 g/mol. The molecule has 0 aliphatic rings. The van der Waals surface area contributed by atoms with Crippen LogP contribution in [0, 0.1) is 0 Å². The number of nitrogens with one attached hydrogen (secondary N) is 1. The fourth-order valence-corrected chi connectivity index (χ4v) is 10.3. The predicted molar refractivity (Wildman–Crippen MR) is 324 cm³/mol. The minimum absolute atomic E-state index is 0.00406. The van der Waals surface area contributed by atoms with Gasteiger partial charge in [0.15, 0.2) is 0 Å². The third kappa shape index (κ3) is 59.3. The van der Waals surface area contributed by atoms with Gasteiger partial charge in [0.2, 0.25) is 5.91 Å². The third-order valence-electron chi connectivity index (χ3n) is 15.4. The molecule has 0 bridgehead atoms. The zero-order valence-corrected chi connectivity index (χ0v) is 49.8. The lowest BCUT2D eigenvalue weighted by molar-refractivity contribution is -0.143. The van der Waals surface area contributed by atoms with Gasteiger partial charge in [0, 0.05) is 12.8 Å². The molecule has 3 N–H and O–H groups in total. The van der Waals surface area contributed by atoms with Crippen molar-refractivity contribution < 1.29 is 24.5 Å². The van der Waals surface area contributed by atoms with Crippen molar-refractivity contribution in [3.63, 3.8) is 0 Å². The Morgan fingerprint density at radius 1 is 0.378 bits per heavy atom. The van der Waals surface area contributed by atoms with E-state index in [0.29, 0.717) is 25.9 Å². The maximum atomic E-state index is 12.5. The minimum atomic E-state index is -0.662. The Labute approximate surface area is 462 Å². The lowest BCUT2D eigenvalue weighted by atomic mass is 10.0. The van der Waals surface area contributed by atoms with Crippen molar-refractivity contribution in [3.8, 4) is 0 Å². The number of aliphatic hydroxyl groups excluding tert-OH is 2. The van der Waals surface area contributed by atoms with E-state index in [1.54, 1.807) is 0 Å². The maximum absolute atomic E-state index is 12.5. The van der Waals surface area contributed by atoms with Gasteiger partial charge in [-0.2, -0.15) is 0 Å². The molecule has 0 fully saturated rings. The zero-order chi connectivity index (χ0) is 53.6. The number of amides is 1. The van der Waals surface area contributed by atoms with Crippen molar-refractivity contribution in [2.45, 2.75) is 373 Å². The van der Waals surface area contributed by atoms with Crippen molar-refractivity contribution in [3.05, 3.63) is 36.5 Å². The highest BCUT2D eigenvalue weighted by molar-refractivity contribution is 5.76. The molecule has 0 radical (unpaired) electrons. The Hall–Kier alpha value is -1.92. The second-order valence-electron chi connectivity index (χ2n) is 22.8. The largest absolute Gasteiger partial charge is 0.466 e. The first-order valence-electron chi connectivity index (χ1n) is 33.2. The van der Waals surface area contributed by atoms with Crippen molar-refractivity contribution in [2.75, 3.05) is 13.2 Å². The molecule has 6 heteroatoms. The number of hydrogen-bond acceptors (Lipinski definition) is 5. The van der Waals surface area contributed by atoms with Gasteiger partial charge >= 0.3 is 5.97 Å². The van der Waals surface area contributed by atoms with E-state index in [1.165, 1.54) is 276 Å². The van der Waals surface area contributed by atoms with Gasteiger partial charge in [0.1, 0.15) is 0 Å². The van der Waals surface area contributed by atoms with E-state index in [2.05, 4.69) is 55.6 Å². The Balaban J connectivity index is 3.37. The lowest BCUT2D eigenvalue weighted by Crippen LogP contribution is -2.45. The number of ether oxygens (including phenoxy) is 1. The number of hydrogen-bond donors (Lipinski definition) is 3. The summed E-state index contributed by atoms with van der Waals surface area (Å²) in [6.45, 7) is 4.93. The zero-order valence-electron chi connectivity index (χ0n) is 49.8. The number of unbranched alkanes of at least 4 members (excludes halogenated alkanes) is 45. The highest BCUT2D eigenvalue weighted by Crippen LogP contribution is 2.18. The van der Waals surface area contributed by atoms with Gasteiger partial charge in [-0.3, -0.25) is 9.59 Å². The van der Waals surface area contributed by atoms with Crippen LogP contribution in [0.3, 0.4) is 0 Å². The number of carbonyl (C=O) groups excluding carboxylic acids is 2. The molecule has 0 saturated carbocycles. The quantitative estimate of drug-likeness (QED) is 0.0320. The summed E-state index contributed by atoms with van der Waals surface area (Å²) in [4.78, 5) is 24.5. The van der Waals surface area contributed by atoms with Crippen molar-refractivity contribution in [1.29, 1.82) is 0 Å². The average Bonchev–Trinajstić information content (AvgIpc) is 3.40. The summed E-state index contributed by atoms with van der Waals surface area (Å²) < 4.78 is 5.47. The molecule has 2 atom stereocenters. The Kier molecular flexibility index (Phi) is 62.0. The first-order chi connectivity index (χ1) is 36.5. The molecule has 2 unspecified atom stereocenters. The third-order valence-corrected chi connectivity index (χ3v) is 15.4. The lowest BCUT2D eigenvalue weighted by Gasteiger charge is -2.22. The molecule has 0 aliphatic carbocycles. The summed E-state index contributed by atoms with van der Waals surface area (Å²) in [5.74, 6) is -0.0282. The molecule has 74 heavy (non-hydrogen) atoms. The first kappa shape index (κ1) is 72.1. The van der Waals surface area contributed by atoms with E-state index in [0.717, 1.165) is 51.4 Å². The molecule has 0 aromatic heterocycles. The van der Waals surface area contributed by atoms with Crippen LogP contribution in [0.4, 0.5) is 0 Å². The topological polar surface area (TPSA) is 95.9 Å². The van der Waals surface area contributed by atoms with E-state index in [1.807, 2.05) is 0 Å². The average molecular weight is 1040 g/mol. The van der Waals surface area contributed by atoms with E-state index in [-0.39, 0.29) is 18.5 Å². The Morgan fingerprint density at radius 2 is 0.676 bits per heavy atom. The number of carbonyl (C=O) groups is 2. The van der Waals surface area contributed by atoms with Gasteiger partial charge in [0.25, 0.3) is 0 Å². The Morgan fingerprint density at radius 3 is 1.07 bits per heavy atom. The summed E-state index contributed by atoms with van der Waals surface area (Å²) in [5, 5.41) is 23.2. The van der Waals surface area contributed by atoms with Crippen LogP contribution < -0.4 is 5.32 Å². The number of aliphatic hydroxyl groups is 2. The first-order valence-corrected chi connectivity index (χ1v) is 33.2. The fraction of sp³-hybridized carbons (Fsp3) is 0.882. The van der Waals surface area contributed by atoms with E-state index >= 15 is 0 Å². The van der Waals surface area contributed by atoms with E-state index in [4.69, 9.17) is 4.74 Å². The molecule has 436 valence electrons. The maximum Gasteiger partial charge on any atom is 0.305 e. The molecule has 0 rings (SSSR count). The van der Waals surface area contributed by atoms with Gasteiger partial charge in [-0.25, -0.2) is 0 Å². The highest BCUT2D eigenvalue weighted by Gasteiger charge is 2.20. The van der Waals surface area contributed by atoms with E-state index < -0.39 is 12.1 Å². The van der Waals surface area contributed by atoms with Gasteiger partial charge in [-0.05, 0) is 83.5 Å². The molecular formula is C68H129NO5. The molecule has 0 aliphatic heterocycles. The van der Waals surface area contributed by atoms with Crippen LogP contribution in [-0.4, -0.2) is 47.4 Å². The molecule has 0 saturated heterocycles.